The fourth-order valence-corrected chi connectivity index (χ4v) is 3.21. The average Bonchev–Trinajstić information content (AvgIpc) is 3.41. The van der Waals surface area contributed by atoms with Crippen molar-refractivity contribution in [3.8, 4) is 11.3 Å². The Labute approximate surface area is 159 Å². The summed E-state index contributed by atoms with van der Waals surface area (Å²) in [6.07, 6.45) is 9.31. The molecule has 0 bridgehead atoms. The van der Waals surface area contributed by atoms with E-state index < -0.39 is 0 Å². The first-order valence-electron chi connectivity index (χ1n) is 8.86. The molecule has 5 aromatic rings. The summed E-state index contributed by atoms with van der Waals surface area (Å²) >= 11 is 0. The lowest BCUT2D eigenvalue weighted by Gasteiger charge is -2.06. The monoisotopic (exact) mass is 374 g/mol. The van der Waals surface area contributed by atoms with Gasteiger partial charge in [-0.1, -0.05) is 11.3 Å². The zero-order valence-corrected chi connectivity index (χ0v) is 15.5. The minimum absolute atomic E-state index is 0.521. The maximum absolute atomic E-state index is 4.71. The van der Waals surface area contributed by atoms with E-state index in [2.05, 4.69) is 41.3 Å². The number of pyridine rings is 1. The molecule has 0 atom stereocenters. The summed E-state index contributed by atoms with van der Waals surface area (Å²) < 4.78 is 5.58. The van der Waals surface area contributed by atoms with Crippen LogP contribution in [0, 0.1) is 0 Å². The molecule has 10 heteroatoms. The molecule has 5 aromatic heterocycles. The third kappa shape index (κ3) is 2.79. The number of aromatic nitrogens is 9. The zero-order chi connectivity index (χ0) is 19.1. The van der Waals surface area contributed by atoms with E-state index in [1.165, 1.54) is 0 Å². The zero-order valence-electron chi connectivity index (χ0n) is 15.5. The molecule has 5 heterocycles. The second-order valence-corrected chi connectivity index (χ2v) is 6.60. The van der Waals surface area contributed by atoms with Crippen LogP contribution in [0.3, 0.4) is 0 Å². The number of nitrogens with one attached hydrogen (secondary N) is 1. The normalized spacial score (nSPS) is 11.6. The second-order valence-electron chi connectivity index (χ2n) is 6.60. The Morgan fingerprint density at radius 2 is 2.00 bits per heavy atom. The van der Waals surface area contributed by atoms with Gasteiger partial charge in [-0.2, -0.15) is 5.10 Å². The van der Waals surface area contributed by atoms with Crippen molar-refractivity contribution < 1.29 is 0 Å². The first kappa shape index (κ1) is 16.5. The van der Waals surface area contributed by atoms with Crippen molar-refractivity contribution >= 4 is 16.9 Å². The molecule has 0 spiro atoms. The Balaban J connectivity index is 1.52. The largest absolute Gasteiger partial charge is 0.314 e. The van der Waals surface area contributed by atoms with Crippen LogP contribution in [0.15, 0.2) is 43.1 Å². The van der Waals surface area contributed by atoms with Crippen LogP contribution in [0.2, 0.25) is 0 Å². The van der Waals surface area contributed by atoms with Gasteiger partial charge in [0.15, 0.2) is 5.65 Å². The Morgan fingerprint density at radius 1 is 1.07 bits per heavy atom. The number of rotatable bonds is 5. The van der Waals surface area contributed by atoms with Crippen molar-refractivity contribution in [2.24, 2.45) is 7.05 Å². The van der Waals surface area contributed by atoms with Crippen molar-refractivity contribution in [2.75, 3.05) is 7.05 Å². The lowest BCUT2D eigenvalue weighted by Crippen LogP contribution is -2.08. The van der Waals surface area contributed by atoms with Gasteiger partial charge in [-0.05, 0) is 18.7 Å². The molecule has 10 nitrogen and oxygen atoms in total. The van der Waals surface area contributed by atoms with E-state index in [1.54, 1.807) is 21.8 Å². The number of nitrogens with zero attached hydrogens (tertiary/aromatic N) is 9. The number of imidazole rings is 1. The van der Waals surface area contributed by atoms with Crippen LogP contribution in [-0.4, -0.2) is 51.2 Å². The minimum Gasteiger partial charge on any atom is -0.314 e. The quantitative estimate of drug-likeness (QED) is 0.490. The molecule has 0 aromatic carbocycles. The summed E-state index contributed by atoms with van der Waals surface area (Å²) in [6, 6.07) is 4.04. The van der Waals surface area contributed by atoms with Crippen LogP contribution in [0.5, 0.6) is 0 Å². The van der Waals surface area contributed by atoms with Gasteiger partial charge in [0, 0.05) is 31.5 Å². The molecule has 0 unspecified atom stereocenters. The molecule has 5 rings (SSSR count). The van der Waals surface area contributed by atoms with E-state index in [0.29, 0.717) is 17.8 Å². The first-order chi connectivity index (χ1) is 13.7. The molecule has 0 saturated heterocycles. The van der Waals surface area contributed by atoms with Crippen LogP contribution in [0.25, 0.3) is 28.2 Å². The lowest BCUT2D eigenvalue weighted by molar-refractivity contribution is 0.661. The van der Waals surface area contributed by atoms with Crippen LogP contribution in [0.1, 0.15) is 11.3 Å². The van der Waals surface area contributed by atoms with Crippen molar-refractivity contribution in [3.63, 3.8) is 0 Å². The van der Waals surface area contributed by atoms with Gasteiger partial charge in [-0.3, -0.25) is 4.68 Å². The SMILES string of the molecule is CNCc1cnc2ccc(Cn3nnc4ncc(-c5cnn(C)c5)nc43)cn12. The van der Waals surface area contributed by atoms with Gasteiger partial charge in [0.05, 0.1) is 36.5 Å². The molecule has 0 radical (unpaired) electrons. The third-order valence-electron chi connectivity index (χ3n) is 4.56. The maximum atomic E-state index is 4.71. The van der Waals surface area contributed by atoms with Gasteiger partial charge in [0.1, 0.15) is 5.65 Å². The van der Waals surface area contributed by atoms with Crippen molar-refractivity contribution in [2.45, 2.75) is 13.1 Å². The fraction of sp³-hybridized carbons (Fsp3) is 0.222. The fourth-order valence-electron chi connectivity index (χ4n) is 3.21. The Bertz CT molecular complexity index is 1280. The van der Waals surface area contributed by atoms with E-state index >= 15 is 0 Å². The predicted octanol–water partition coefficient (Wildman–Crippen LogP) is 1.04. The van der Waals surface area contributed by atoms with Gasteiger partial charge in [-0.25, -0.2) is 19.6 Å². The smallest absolute Gasteiger partial charge is 0.221 e. The van der Waals surface area contributed by atoms with Gasteiger partial charge in [-0.15, -0.1) is 5.10 Å². The molecule has 0 aliphatic rings. The molecule has 0 aliphatic heterocycles. The van der Waals surface area contributed by atoms with E-state index in [0.717, 1.165) is 34.7 Å². The Kier molecular flexibility index (Phi) is 3.83. The molecule has 0 amide bonds. The summed E-state index contributed by atoms with van der Waals surface area (Å²) in [5.41, 5.74) is 5.89. The second kappa shape index (κ2) is 6.50. The van der Waals surface area contributed by atoms with Crippen LogP contribution in [-0.2, 0) is 20.1 Å². The third-order valence-corrected chi connectivity index (χ3v) is 4.56. The molecular formula is C18H18N10. The summed E-state index contributed by atoms with van der Waals surface area (Å²) in [5, 5.41) is 15.7. The van der Waals surface area contributed by atoms with Crippen molar-refractivity contribution in [1.29, 1.82) is 0 Å². The van der Waals surface area contributed by atoms with Gasteiger partial charge < -0.3 is 9.72 Å². The van der Waals surface area contributed by atoms with E-state index in [4.69, 9.17) is 4.98 Å². The highest BCUT2D eigenvalue weighted by atomic mass is 15.5. The average molecular weight is 374 g/mol. The molecule has 0 fully saturated rings. The highest BCUT2D eigenvalue weighted by Gasteiger charge is 2.12. The summed E-state index contributed by atoms with van der Waals surface area (Å²) in [7, 11) is 3.79. The lowest BCUT2D eigenvalue weighted by atomic mass is 10.2. The topological polar surface area (TPSA) is 104 Å². The minimum atomic E-state index is 0.521. The standard InChI is InChI=1S/C18H18N10/c1-19-6-14-7-20-16-4-3-12(9-27(14)16)10-28-18-17(24-25-28)21-8-15(23-18)13-5-22-26(2)11-13/h3-5,7-9,11,19H,6,10H2,1-2H3. The van der Waals surface area contributed by atoms with Crippen molar-refractivity contribution in [3.05, 3.63) is 54.4 Å². The number of fused-ring (bicyclic) bond motifs is 2. The van der Waals surface area contributed by atoms with E-state index in [1.807, 2.05) is 38.6 Å². The first-order valence-corrected chi connectivity index (χ1v) is 8.86. The number of aryl methyl sites for hydroxylation is 1. The Morgan fingerprint density at radius 3 is 2.82 bits per heavy atom. The summed E-state index contributed by atoms with van der Waals surface area (Å²) in [6.45, 7) is 1.28. The number of hydrogen-bond donors (Lipinski definition) is 1. The highest BCUT2D eigenvalue weighted by molar-refractivity contribution is 5.69. The molecule has 1 N–H and O–H groups in total. The van der Waals surface area contributed by atoms with Gasteiger partial charge in [0.2, 0.25) is 5.65 Å². The molecular weight excluding hydrogens is 356 g/mol. The molecule has 140 valence electrons. The van der Waals surface area contributed by atoms with Gasteiger partial charge in [0.25, 0.3) is 0 Å². The van der Waals surface area contributed by atoms with Gasteiger partial charge >= 0.3 is 0 Å². The summed E-state index contributed by atoms with van der Waals surface area (Å²) in [5.74, 6) is 0. The van der Waals surface area contributed by atoms with E-state index in [9.17, 15) is 0 Å². The Hall–Kier alpha value is -3.66. The van der Waals surface area contributed by atoms with Crippen LogP contribution < -0.4 is 5.32 Å². The predicted molar refractivity (Wildman–Crippen MR) is 102 cm³/mol. The van der Waals surface area contributed by atoms with Crippen LogP contribution >= 0.6 is 0 Å². The maximum Gasteiger partial charge on any atom is 0.221 e. The summed E-state index contributed by atoms with van der Waals surface area (Å²) in [4.78, 5) is 13.5. The van der Waals surface area contributed by atoms with Crippen LogP contribution in [0.4, 0.5) is 0 Å². The molecule has 28 heavy (non-hydrogen) atoms. The molecule has 0 aliphatic carbocycles. The van der Waals surface area contributed by atoms with E-state index in [-0.39, 0.29) is 0 Å². The van der Waals surface area contributed by atoms with Crippen molar-refractivity contribution in [1.82, 2.24) is 49.4 Å². The highest BCUT2D eigenvalue weighted by Crippen LogP contribution is 2.18. The molecule has 0 saturated carbocycles. The number of hydrogen-bond acceptors (Lipinski definition) is 7.